The van der Waals surface area contributed by atoms with E-state index in [1.165, 1.54) is 0 Å². The number of rotatable bonds is 7. The fraction of sp³-hybridized carbons (Fsp3) is 0.238. The number of H-pyrrole nitrogens is 1. The molecule has 136 valence electrons. The molecule has 2 aromatic carbocycles. The van der Waals surface area contributed by atoms with Crippen molar-refractivity contribution < 1.29 is 18.9 Å². The molecule has 0 fully saturated rings. The molecule has 0 atom stereocenters. The first kappa shape index (κ1) is 17.7. The predicted molar refractivity (Wildman–Crippen MR) is 102 cm³/mol. The number of hydrogen-bond donors (Lipinski definition) is 1. The van der Waals surface area contributed by atoms with Crippen molar-refractivity contribution in [3.8, 4) is 45.3 Å². The number of aromatic amines is 1. The summed E-state index contributed by atoms with van der Waals surface area (Å²) in [4.78, 5) is 3.19. The van der Waals surface area contributed by atoms with Gasteiger partial charge in [0.25, 0.3) is 0 Å². The van der Waals surface area contributed by atoms with Crippen LogP contribution in [0.25, 0.3) is 22.3 Å². The van der Waals surface area contributed by atoms with Gasteiger partial charge in [0.1, 0.15) is 5.75 Å². The predicted octanol–water partition coefficient (Wildman–Crippen LogP) is 4.77. The Labute approximate surface area is 153 Å². The van der Waals surface area contributed by atoms with Crippen molar-refractivity contribution >= 4 is 0 Å². The molecule has 1 aromatic heterocycles. The van der Waals surface area contributed by atoms with Crippen LogP contribution in [0.5, 0.6) is 23.0 Å². The minimum absolute atomic E-state index is 0.580. The van der Waals surface area contributed by atoms with Crippen LogP contribution >= 0.6 is 0 Å². The second kappa shape index (κ2) is 7.87. The van der Waals surface area contributed by atoms with E-state index in [1.54, 1.807) is 21.3 Å². The molecule has 0 saturated heterocycles. The molecule has 0 unspecified atom stereocenters. The van der Waals surface area contributed by atoms with Crippen molar-refractivity contribution in [2.24, 2.45) is 0 Å². The van der Waals surface area contributed by atoms with Crippen LogP contribution in [0.1, 0.15) is 6.92 Å². The number of aromatic nitrogens is 1. The van der Waals surface area contributed by atoms with Crippen LogP contribution in [0.15, 0.2) is 48.8 Å². The molecule has 0 amide bonds. The molecular weight excluding hydrogens is 330 g/mol. The smallest absolute Gasteiger partial charge is 0.203 e. The van der Waals surface area contributed by atoms with E-state index in [4.69, 9.17) is 18.9 Å². The molecule has 3 rings (SSSR count). The number of methoxy groups -OCH3 is 3. The first-order chi connectivity index (χ1) is 12.7. The third-order valence-corrected chi connectivity index (χ3v) is 4.20. The standard InChI is InChI=1S/C21H23NO4/c1-5-26-16-8-6-14(7-9-16)17-12-22-13-18(17)15-10-19(23-2)21(25-4)20(11-15)24-3/h6-13,22H,5H2,1-4H3. The number of benzene rings is 2. The largest absolute Gasteiger partial charge is 0.494 e. The third-order valence-electron chi connectivity index (χ3n) is 4.20. The highest BCUT2D eigenvalue weighted by Gasteiger charge is 2.17. The van der Waals surface area contributed by atoms with E-state index < -0.39 is 0 Å². The minimum atomic E-state index is 0.580. The Bertz CT molecular complexity index is 843. The molecule has 1 heterocycles. The highest BCUT2D eigenvalue weighted by atomic mass is 16.5. The molecule has 5 nitrogen and oxygen atoms in total. The monoisotopic (exact) mass is 353 g/mol. The number of nitrogens with one attached hydrogen (secondary N) is 1. The summed E-state index contributed by atoms with van der Waals surface area (Å²) < 4.78 is 21.9. The average Bonchev–Trinajstić information content (AvgIpc) is 3.17. The summed E-state index contributed by atoms with van der Waals surface area (Å²) in [7, 11) is 4.83. The molecule has 0 aliphatic rings. The molecule has 0 spiro atoms. The highest BCUT2D eigenvalue weighted by Crippen LogP contribution is 2.43. The van der Waals surface area contributed by atoms with Crippen molar-refractivity contribution in [1.82, 2.24) is 4.98 Å². The van der Waals surface area contributed by atoms with Gasteiger partial charge in [0.15, 0.2) is 11.5 Å². The Kier molecular flexibility index (Phi) is 5.37. The van der Waals surface area contributed by atoms with E-state index in [-0.39, 0.29) is 0 Å². The van der Waals surface area contributed by atoms with Gasteiger partial charge in [-0.3, -0.25) is 0 Å². The van der Waals surface area contributed by atoms with E-state index in [0.717, 1.165) is 28.0 Å². The van der Waals surface area contributed by atoms with Crippen LogP contribution in [-0.4, -0.2) is 32.9 Å². The molecule has 0 aliphatic carbocycles. The van der Waals surface area contributed by atoms with E-state index >= 15 is 0 Å². The van der Waals surface area contributed by atoms with Crippen LogP contribution in [0, 0.1) is 0 Å². The minimum Gasteiger partial charge on any atom is -0.494 e. The molecule has 0 radical (unpaired) electrons. The van der Waals surface area contributed by atoms with Gasteiger partial charge < -0.3 is 23.9 Å². The Morgan fingerprint density at radius 3 is 1.85 bits per heavy atom. The van der Waals surface area contributed by atoms with Crippen molar-refractivity contribution in [3.05, 3.63) is 48.8 Å². The zero-order valence-corrected chi connectivity index (χ0v) is 15.5. The SMILES string of the molecule is CCOc1ccc(-c2c[nH]cc2-c2cc(OC)c(OC)c(OC)c2)cc1. The van der Waals surface area contributed by atoms with Crippen LogP contribution in [0.2, 0.25) is 0 Å². The zero-order chi connectivity index (χ0) is 18.5. The second-order valence-electron chi connectivity index (χ2n) is 5.65. The van der Waals surface area contributed by atoms with Crippen LogP contribution in [-0.2, 0) is 0 Å². The molecule has 0 aliphatic heterocycles. The fourth-order valence-corrected chi connectivity index (χ4v) is 2.98. The summed E-state index contributed by atoms with van der Waals surface area (Å²) >= 11 is 0. The number of ether oxygens (including phenoxy) is 4. The van der Waals surface area contributed by atoms with E-state index in [9.17, 15) is 0 Å². The maximum Gasteiger partial charge on any atom is 0.203 e. The lowest BCUT2D eigenvalue weighted by atomic mass is 9.98. The fourth-order valence-electron chi connectivity index (χ4n) is 2.98. The van der Waals surface area contributed by atoms with Gasteiger partial charge in [0.2, 0.25) is 5.75 Å². The van der Waals surface area contributed by atoms with Gasteiger partial charge in [0, 0.05) is 23.5 Å². The summed E-state index contributed by atoms with van der Waals surface area (Å²) in [5.41, 5.74) is 4.21. The lowest BCUT2D eigenvalue weighted by molar-refractivity contribution is 0.324. The molecule has 0 saturated carbocycles. The molecular formula is C21H23NO4. The van der Waals surface area contributed by atoms with Crippen molar-refractivity contribution in [2.45, 2.75) is 6.92 Å². The summed E-state index contributed by atoms with van der Waals surface area (Å²) in [6.45, 7) is 2.63. The second-order valence-corrected chi connectivity index (χ2v) is 5.65. The topological polar surface area (TPSA) is 52.7 Å². The zero-order valence-electron chi connectivity index (χ0n) is 15.5. The Hall–Kier alpha value is -3.08. The van der Waals surface area contributed by atoms with Crippen LogP contribution < -0.4 is 18.9 Å². The van der Waals surface area contributed by atoms with Crippen LogP contribution in [0.4, 0.5) is 0 Å². The summed E-state index contributed by atoms with van der Waals surface area (Å²) in [6.07, 6.45) is 3.95. The molecule has 26 heavy (non-hydrogen) atoms. The van der Waals surface area contributed by atoms with Crippen molar-refractivity contribution in [3.63, 3.8) is 0 Å². The summed E-state index contributed by atoms with van der Waals surface area (Å²) in [5, 5.41) is 0. The quantitative estimate of drug-likeness (QED) is 0.664. The highest BCUT2D eigenvalue weighted by molar-refractivity contribution is 5.85. The van der Waals surface area contributed by atoms with Gasteiger partial charge in [-0.05, 0) is 42.3 Å². The van der Waals surface area contributed by atoms with Crippen molar-refractivity contribution in [1.29, 1.82) is 0 Å². The molecule has 5 heteroatoms. The molecule has 3 aromatic rings. The lowest BCUT2D eigenvalue weighted by Gasteiger charge is -2.14. The summed E-state index contributed by atoms with van der Waals surface area (Å²) in [6, 6.07) is 12.0. The van der Waals surface area contributed by atoms with Gasteiger partial charge >= 0.3 is 0 Å². The van der Waals surface area contributed by atoms with Gasteiger partial charge in [-0.1, -0.05) is 12.1 Å². The Balaban J connectivity index is 2.05. The normalized spacial score (nSPS) is 10.5. The van der Waals surface area contributed by atoms with Gasteiger partial charge in [-0.2, -0.15) is 0 Å². The van der Waals surface area contributed by atoms with Crippen LogP contribution in [0.3, 0.4) is 0 Å². The first-order valence-electron chi connectivity index (χ1n) is 8.42. The maximum absolute atomic E-state index is 5.52. The maximum atomic E-state index is 5.52. The lowest BCUT2D eigenvalue weighted by Crippen LogP contribution is -1.95. The Morgan fingerprint density at radius 1 is 0.769 bits per heavy atom. The Morgan fingerprint density at radius 2 is 1.35 bits per heavy atom. The van der Waals surface area contributed by atoms with Gasteiger partial charge in [0.05, 0.1) is 27.9 Å². The van der Waals surface area contributed by atoms with Gasteiger partial charge in [-0.25, -0.2) is 0 Å². The van der Waals surface area contributed by atoms with E-state index in [2.05, 4.69) is 17.1 Å². The van der Waals surface area contributed by atoms with E-state index in [0.29, 0.717) is 23.9 Å². The first-order valence-corrected chi connectivity index (χ1v) is 8.42. The average molecular weight is 353 g/mol. The number of hydrogen-bond acceptors (Lipinski definition) is 4. The summed E-state index contributed by atoms with van der Waals surface area (Å²) in [5.74, 6) is 2.69. The van der Waals surface area contributed by atoms with Crippen molar-refractivity contribution in [2.75, 3.05) is 27.9 Å². The van der Waals surface area contributed by atoms with E-state index in [1.807, 2.05) is 43.6 Å². The molecule has 0 bridgehead atoms. The molecule has 1 N–H and O–H groups in total. The van der Waals surface area contributed by atoms with Gasteiger partial charge in [-0.15, -0.1) is 0 Å². The third kappa shape index (κ3) is 3.33.